The Morgan fingerprint density at radius 1 is 1.29 bits per heavy atom. The Hall–Kier alpha value is -0.890. The van der Waals surface area contributed by atoms with Crippen LogP contribution in [0, 0.1) is 17.2 Å². The first-order chi connectivity index (χ1) is 7.78. The summed E-state index contributed by atoms with van der Waals surface area (Å²) in [5.41, 5.74) is 0.937. The van der Waals surface area contributed by atoms with Crippen molar-refractivity contribution in [3.8, 4) is 0 Å². The van der Waals surface area contributed by atoms with E-state index in [1.54, 1.807) is 12.1 Å². The molecule has 1 N–H and O–H groups in total. The van der Waals surface area contributed by atoms with Crippen LogP contribution in [0.1, 0.15) is 52.2 Å². The van der Waals surface area contributed by atoms with E-state index in [-0.39, 0.29) is 11.2 Å². The lowest BCUT2D eigenvalue weighted by Crippen LogP contribution is -2.13. The minimum atomic E-state index is -0.567. The van der Waals surface area contributed by atoms with Gasteiger partial charge in [-0.25, -0.2) is 4.39 Å². The summed E-state index contributed by atoms with van der Waals surface area (Å²) in [6.07, 6.45) is 1.17. The summed E-state index contributed by atoms with van der Waals surface area (Å²) < 4.78 is 13.0. The molecule has 2 heteroatoms. The van der Waals surface area contributed by atoms with Crippen molar-refractivity contribution in [2.45, 2.75) is 46.6 Å². The molecule has 0 bridgehead atoms. The topological polar surface area (TPSA) is 20.2 Å². The Kier molecular flexibility index (Phi) is 4.70. The van der Waals surface area contributed by atoms with Gasteiger partial charge in [0.2, 0.25) is 0 Å². The first kappa shape index (κ1) is 14.2. The summed E-state index contributed by atoms with van der Waals surface area (Å²) in [6, 6.07) is 6.23. The number of hydrogen-bond acceptors (Lipinski definition) is 1. The molecule has 96 valence electrons. The lowest BCUT2D eigenvalue weighted by molar-refractivity contribution is 0.133. The van der Waals surface area contributed by atoms with Gasteiger partial charge in [0.1, 0.15) is 5.82 Å². The molecule has 1 rings (SSSR count). The third-order valence-electron chi connectivity index (χ3n) is 2.82. The maximum Gasteiger partial charge on any atom is 0.123 e. The number of hydrogen-bond donors (Lipinski definition) is 1. The zero-order valence-electron chi connectivity index (χ0n) is 11.2. The quantitative estimate of drug-likeness (QED) is 0.828. The van der Waals surface area contributed by atoms with E-state index in [0.29, 0.717) is 17.9 Å². The molecular formula is C15H23FO. The zero-order valence-corrected chi connectivity index (χ0v) is 11.2. The van der Waals surface area contributed by atoms with Gasteiger partial charge in [0.15, 0.2) is 0 Å². The van der Waals surface area contributed by atoms with Crippen molar-refractivity contribution in [2.24, 2.45) is 11.3 Å². The lowest BCUT2D eigenvalue weighted by atomic mass is 9.82. The van der Waals surface area contributed by atoms with E-state index >= 15 is 0 Å². The molecule has 0 saturated heterocycles. The predicted molar refractivity (Wildman–Crippen MR) is 69.2 cm³/mol. The molecule has 0 saturated carbocycles. The molecule has 0 aliphatic carbocycles. The Bertz CT molecular complexity index is 354. The monoisotopic (exact) mass is 238 g/mol. The summed E-state index contributed by atoms with van der Waals surface area (Å²) in [5.74, 6) is 0.137. The Balaban J connectivity index is 2.57. The van der Waals surface area contributed by atoms with E-state index < -0.39 is 6.10 Å². The summed E-state index contributed by atoms with van der Waals surface area (Å²) in [6.45, 7) is 8.71. The Morgan fingerprint density at radius 2 is 1.94 bits per heavy atom. The van der Waals surface area contributed by atoms with E-state index in [2.05, 4.69) is 27.7 Å². The van der Waals surface area contributed by atoms with E-state index in [1.807, 2.05) is 0 Å². The molecular weight excluding hydrogens is 215 g/mol. The summed E-state index contributed by atoms with van der Waals surface area (Å²) in [7, 11) is 0. The second-order valence-electron chi connectivity index (χ2n) is 6.18. The van der Waals surface area contributed by atoms with E-state index in [9.17, 15) is 9.50 Å². The van der Waals surface area contributed by atoms with Gasteiger partial charge < -0.3 is 5.11 Å². The normalized spacial score (nSPS) is 15.6. The smallest absolute Gasteiger partial charge is 0.123 e. The van der Waals surface area contributed by atoms with Gasteiger partial charge in [0, 0.05) is 0 Å². The lowest BCUT2D eigenvalue weighted by Gasteiger charge is -2.25. The van der Waals surface area contributed by atoms with Crippen molar-refractivity contribution in [3.63, 3.8) is 0 Å². The average Bonchev–Trinajstić information content (AvgIpc) is 2.14. The molecule has 1 aromatic rings. The highest BCUT2D eigenvalue weighted by Crippen LogP contribution is 2.30. The highest BCUT2D eigenvalue weighted by Gasteiger charge is 2.19. The van der Waals surface area contributed by atoms with Gasteiger partial charge in [-0.1, -0.05) is 39.8 Å². The number of aliphatic hydroxyl groups excluding tert-OH is 1. The fourth-order valence-corrected chi connectivity index (χ4v) is 2.36. The van der Waals surface area contributed by atoms with Crippen LogP contribution in [0.4, 0.5) is 4.39 Å². The van der Waals surface area contributed by atoms with Crippen LogP contribution in [0.15, 0.2) is 24.3 Å². The van der Waals surface area contributed by atoms with Gasteiger partial charge in [-0.15, -0.1) is 0 Å². The molecule has 0 aromatic heterocycles. The number of aliphatic hydroxyl groups is 1. The average molecular weight is 238 g/mol. The van der Waals surface area contributed by atoms with Gasteiger partial charge in [0.25, 0.3) is 0 Å². The van der Waals surface area contributed by atoms with E-state index in [1.165, 1.54) is 12.1 Å². The van der Waals surface area contributed by atoms with Crippen LogP contribution in [-0.2, 0) is 0 Å². The standard InChI is InChI=1S/C15H23FO/c1-11(10-15(2,3)4)8-14(17)12-6-5-7-13(16)9-12/h5-7,9,11,14,17H,8,10H2,1-4H3. The summed E-state index contributed by atoms with van der Waals surface area (Å²) >= 11 is 0. The third-order valence-corrected chi connectivity index (χ3v) is 2.82. The fraction of sp³-hybridized carbons (Fsp3) is 0.600. The fourth-order valence-electron chi connectivity index (χ4n) is 2.36. The number of benzene rings is 1. The van der Waals surface area contributed by atoms with Crippen LogP contribution >= 0.6 is 0 Å². The highest BCUT2D eigenvalue weighted by atomic mass is 19.1. The number of halogens is 1. The highest BCUT2D eigenvalue weighted by molar-refractivity contribution is 5.18. The summed E-state index contributed by atoms with van der Waals surface area (Å²) in [5, 5.41) is 10.0. The Labute approximate surface area is 104 Å². The van der Waals surface area contributed by atoms with Crippen LogP contribution in [-0.4, -0.2) is 5.11 Å². The van der Waals surface area contributed by atoms with E-state index in [0.717, 1.165) is 6.42 Å². The van der Waals surface area contributed by atoms with Gasteiger partial charge in [0.05, 0.1) is 6.10 Å². The van der Waals surface area contributed by atoms with Gasteiger partial charge in [-0.05, 0) is 41.9 Å². The van der Waals surface area contributed by atoms with Gasteiger partial charge in [-0.3, -0.25) is 0 Å². The van der Waals surface area contributed by atoms with Crippen LogP contribution < -0.4 is 0 Å². The second kappa shape index (κ2) is 5.63. The van der Waals surface area contributed by atoms with Crippen molar-refractivity contribution < 1.29 is 9.50 Å². The molecule has 0 aliphatic heterocycles. The van der Waals surface area contributed by atoms with Gasteiger partial charge in [-0.2, -0.15) is 0 Å². The minimum absolute atomic E-state index is 0.265. The molecule has 17 heavy (non-hydrogen) atoms. The van der Waals surface area contributed by atoms with Crippen LogP contribution in [0.3, 0.4) is 0 Å². The number of rotatable bonds is 4. The van der Waals surface area contributed by atoms with E-state index in [4.69, 9.17) is 0 Å². The molecule has 1 aromatic carbocycles. The molecule has 2 unspecified atom stereocenters. The second-order valence-corrected chi connectivity index (χ2v) is 6.18. The first-order valence-corrected chi connectivity index (χ1v) is 6.21. The zero-order chi connectivity index (χ0) is 13.1. The van der Waals surface area contributed by atoms with Crippen molar-refractivity contribution in [1.82, 2.24) is 0 Å². The van der Waals surface area contributed by atoms with Crippen LogP contribution in [0.5, 0.6) is 0 Å². The SMILES string of the molecule is CC(CC(O)c1cccc(F)c1)CC(C)(C)C. The molecule has 2 atom stereocenters. The Morgan fingerprint density at radius 3 is 2.47 bits per heavy atom. The molecule has 0 heterocycles. The van der Waals surface area contributed by atoms with Crippen molar-refractivity contribution in [2.75, 3.05) is 0 Å². The molecule has 0 spiro atoms. The molecule has 0 amide bonds. The van der Waals surface area contributed by atoms with Crippen molar-refractivity contribution in [1.29, 1.82) is 0 Å². The van der Waals surface area contributed by atoms with Gasteiger partial charge >= 0.3 is 0 Å². The molecule has 0 radical (unpaired) electrons. The predicted octanol–water partition coefficient (Wildman–Crippen LogP) is 4.32. The largest absolute Gasteiger partial charge is 0.388 e. The summed E-state index contributed by atoms with van der Waals surface area (Å²) in [4.78, 5) is 0. The van der Waals surface area contributed by atoms with Crippen molar-refractivity contribution >= 4 is 0 Å². The third kappa shape index (κ3) is 5.31. The minimum Gasteiger partial charge on any atom is -0.388 e. The maximum absolute atomic E-state index is 13.0. The van der Waals surface area contributed by atoms with Crippen LogP contribution in [0.25, 0.3) is 0 Å². The maximum atomic E-state index is 13.0. The first-order valence-electron chi connectivity index (χ1n) is 6.21. The van der Waals surface area contributed by atoms with Crippen molar-refractivity contribution in [3.05, 3.63) is 35.6 Å². The molecule has 0 aliphatic rings. The van der Waals surface area contributed by atoms with Crippen LogP contribution in [0.2, 0.25) is 0 Å². The molecule has 1 nitrogen and oxygen atoms in total. The molecule has 0 fully saturated rings.